The minimum Gasteiger partial charge on any atom is -0.496 e. The molecule has 4 nitrogen and oxygen atoms in total. The van der Waals surface area contributed by atoms with Crippen molar-refractivity contribution in [2.24, 2.45) is 0 Å². The molecule has 0 fully saturated rings. The van der Waals surface area contributed by atoms with E-state index in [2.05, 4.69) is 31.1 Å². The second kappa shape index (κ2) is 7.75. The van der Waals surface area contributed by atoms with E-state index in [9.17, 15) is 4.79 Å². The van der Waals surface area contributed by atoms with Crippen LogP contribution in [0.5, 0.6) is 5.75 Å². The Morgan fingerprint density at radius 2 is 1.81 bits per heavy atom. The van der Waals surface area contributed by atoms with Crippen LogP contribution in [0.25, 0.3) is 22.3 Å². The SMILES string of the molecule is COc1cc(C)cc2oc(-c3ccc(CCCN(C)C)cc3)cc(=O)c12. The number of ether oxygens (including phenoxy) is 1. The summed E-state index contributed by atoms with van der Waals surface area (Å²) in [7, 11) is 5.74. The zero-order valence-corrected chi connectivity index (χ0v) is 15.8. The summed E-state index contributed by atoms with van der Waals surface area (Å²) >= 11 is 0. The van der Waals surface area contributed by atoms with Gasteiger partial charge in [-0.25, -0.2) is 0 Å². The van der Waals surface area contributed by atoms with Crippen molar-refractivity contribution in [2.75, 3.05) is 27.7 Å². The molecule has 0 aliphatic carbocycles. The lowest BCUT2D eigenvalue weighted by atomic mass is 10.0. The maximum Gasteiger partial charge on any atom is 0.197 e. The molecule has 1 aromatic heterocycles. The Hall–Kier alpha value is -2.59. The number of benzene rings is 2. The maximum atomic E-state index is 12.6. The number of aryl methyl sites for hydroxylation is 2. The van der Waals surface area contributed by atoms with Gasteiger partial charge in [-0.05, 0) is 63.7 Å². The molecule has 2 aromatic carbocycles. The Labute approximate surface area is 154 Å². The van der Waals surface area contributed by atoms with Gasteiger partial charge in [0.25, 0.3) is 0 Å². The summed E-state index contributed by atoms with van der Waals surface area (Å²) in [5.41, 5.74) is 3.65. The summed E-state index contributed by atoms with van der Waals surface area (Å²) in [5.74, 6) is 1.13. The molecule has 3 rings (SSSR count). The first-order valence-electron chi connectivity index (χ1n) is 8.84. The standard InChI is InChI=1S/C22H25NO3/c1-15-12-20(25-4)22-18(24)14-19(26-21(22)13-15)17-9-7-16(8-10-17)6-5-11-23(2)3/h7-10,12-14H,5-6,11H2,1-4H3. The Kier molecular flexibility index (Phi) is 5.43. The monoisotopic (exact) mass is 351 g/mol. The van der Waals surface area contributed by atoms with E-state index in [0.29, 0.717) is 22.5 Å². The summed E-state index contributed by atoms with van der Waals surface area (Å²) in [4.78, 5) is 14.8. The van der Waals surface area contributed by atoms with Gasteiger partial charge in [0.05, 0.1) is 7.11 Å². The van der Waals surface area contributed by atoms with Gasteiger partial charge in [0.2, 0.25) is 0 Å². The van der Waals surface area contributed by atoms with Gasteiger partial charge in [-0.15, -0.1) is 0 Å². The second-order valence-corrected chi connectivity index (χ2v) is 6.92. The molecule has 0 aliphatic heterocycles. The largest absolute Gasteiger partial charge is 0.496 e. The highest BCUT2D eigenvalue weighted by atomic mass is 16.5. The van der Waals surface area contributed by atoms with Crippen LogP contribution in [0.3, 0.4) is 0 Å². The highest BCUT2D eigenvalue weighted by Gasteiger charge is 2.12. The van der Waals surface area contributed by atoms with Crippen molar-refractivity contribution in [3.63, 3.8) is 0 Å². The normalized spacial score (nSPS) is 11.3. The van der Waals surface area contributed by atoms with E-state index >= 15 is 0 Å². The molecule has 0 saturated heterocycles. The van der Waals surface area contributed by atoms with E-state index in [4.69, 9.17) is 9.15 Å². The molecule has 0 amide bonds. The van der Waals surface area contributed by atoms with Crippen LogP contribution in [0.1, 0.15) is 17.5 Å². The van der Waals surface area contributed by atoms with Crippen LogP contribution in [0.4, 0.5) is 0 Å². The molecule has 0 bridgehead atoms. The second-order valence-electron chi connectivity index (χ2n) is 6.92. The molecule has 3 aromatic rings. The quantitative estimate of drug-likeness (QED) is 0.665. The average Bonchev–Trinajstić information content (AvgIpc) is 2.60. The van der Waals surface area contributed by atoms with E-state index in [0.717, 1.165) is 30.5 Å². The summed E-state index contributed by atoms with van der Waals surface area (Å²) in [6.07, 6.45) is 2.16. The molecule has 0 spiro atoms. The Bertz CT molecular complexity index is 956. The summed E-state index contributed by atoms with van der Waals surface area (Å²) in [6, 6.07) is 13.5. The van der Waals surface area contributed by atoms with Gasteiger partial charge in [-0.3, -0.25) is 4.79 Å². The van der Waals surface area contributed by atoms with Crippen LogP contribution in [0.15, 0.2) is 51.7 Å². The number of hydrogen-bond acceptors (Lipinski definition) is 4. The van der Waals surface area contributed by atoms with Crippen LogP contribution in [0.2, 0.25) is 0 Å². The molecule has 26 heavy (non-hydrogen) atoms. The first-order valence-corrected chi connectivity index (χ1v) is 8.84. The van der Waals surface area contributed by atoms with Crippen molar-refractivity contribution in [1.29, 1.82) is 0 Å². The minimum absolute atomic E-state index is 0.0897. The molecule has 0 aliphatic rings. The van der Waals surface area contributed by atoms with Gasteiger partial charge in [0, 0.05) is 11.6 Å². The summed E-state index contributed by atoms with van der Waals surface area (Å²) < 4.78 is 11.4. The van der Waals surface area contributed by atoms with Crippen molar-refractivity contribution >= 4 is 11.0 Å². The summed E-state index contributed by atoms with van der Waals surface area (Å²) in [5, 5.41) is 0.488. The van der Waals surface area contributed by atoms with Crippen LogP contribution >= 0.6 is 0 Å². The average molecular weight is 351 g/mol. The Morgan fingerprint density at radius 1 is 1.08 bits per heavy atom. The molecule has 1 heterocycles. The Balaban J connectivity index is 1.92. The first kappa shape index (κ1) is 18.2. The lowest BCUT2D eigenvalue weighted by molar-refractivity contribution is 0.400. The van der Waals surface area contributed by atoms with E-state index in [-0.39, 0.29) is 5.43 Å². The zero-order chi connectivity index (χ0) is 18.7. The van der Waals surface area contributed by atoms with Crippen LogP contribution in [-0.4, -0.2) is 32.6 Å². The molecule has 0 atom stereocenters. The van der Waals surface area contributed by atoms with Crippen molar-refractivity contribution in [2.45, 2.75) is 19.8 Å². The van der Waals surface area contributed by atoms with Crippen LogP contribution < -0.4 is 10.2 Å². The molecule has 0 N–H and O–H groups in total. The van der Waals surface area contributed by atoms with Crippen molar-refractivity contribution in [3.05, 3.63) is 63.8 Å². The fraction of sp³-hybridized carbons (Fsp3) is 0.318. The molecule has 4 heteroatoms. The molecule has 0 saturated carbocycles. The smallest absolute Gasteiger partial charge is 0.197 e. The van der Waals surface area contributed by atoms with Gasteiger partial charge in [-0.1, -0.05) is 24.3 Å². The fourth-order valence-corrected chi connectivity index (χ4v) is 3.12. The van der Waals surface area contributed by atoms with Crippen molar-refractivity contribution in [3.8, 4) is 17.1 Å². The van der Waals surface area contributed by atoms with E-state index < -0.39 is 0 Å². The number of fused-ring (bicyclic) bond motifs is 1. The zero-order valence-electron chi connectivity index (χ0n) is 15.8. The van der Waals surface area contributed by atoms with Crippen LogP contribution in [-0.2, 0) is 6.42 Å². The summed E-state index contributed by atoms with van der Waals surface area (Å²) in [6.45, 7) is 3.03. The lowest BCUT2D eigenvalue weighted by Gasteiger charge is -2.10. The number of nitrogens with zero attached hydrogens (tertiary/aromatic N) is 1. The van der Waals surface area contributed by atoms with Gasteiger partial charge >= 0.3 is 0 Å². The van der Waals surface area contributed by atoms with Crippen LogP contribution in [0, 0.1) is 6.92 Å². The first-order chi connectivity index (χ1) is 12.5. The maximum absolute atomic E-state index is 12.6. The number of hydrogen-bond donors (Lipinski definition) is 0. The fourth-order valence-electron chi connectivity index (χ4n) is 3.12. The number of methoxy groups -OCH3 is 1. The molecule has 0 unspecified atom stereocenters. The topological polar surface area (TPSA) is 42.7 Å². The van der Waals surface area contributed by atoms with Crippen molar-refractivity contribution in [1.82, 2.24) is 4.90 Å². The number of rotatable bonds is 6. The highest BCUT2D eigenvalue weighted by molar-refractivity contribution is 5.85. The van der Waals surface area contributed by atoms with Crippen molar-refractivity contribution < 1.29 is 9.15 Å². The lowest BCUT2D eigenvalue weighted by Crippen LogP contribution is -2.13. The Morgan fingerprint density at radius 3 is 2.46 bits per heavy atom. The third-order valence-electron chi connectivity index (χ3n) is 4.47. The predicted molar refractivity (Wildman–Crippen MR) is 106 cm³/mol. The van der Waals surface area contributed by atoms with Gasteiger partial charge in [0.1, 0.15) is 22.5 Å². The van der Waals surface area contributed by atoms with E-state index in [1.807, 2.05) is 31.2 Å². The molecular weight excluding hydrogens is 326 g/mol. The van der Waals surface area contributed by atoms with E-state index in [1.165, 1.54) is 5.56 Å². The predicted octanol–water partition coefficient (Wildman–Crippen LogP) is 4.27. The van der Waals surface area contributed by atoms with E-state index in [1.54, 1.807) is 13.2 Å². The third-order valence-corrected chi connectivity index (χ3v) is 4.47. The highest BCUT2D eigenvalue weighted by Crippen LogP contribution is 2.28. The van der Waals surface area contributed by atoms with Gasteiger partial charge in [-0.2, -0.15) is 0 Å². The van der Waals surface area contributed by atoms with Gasteiger partial charge in [0.15, 0.2) is 5.43 Å². The molecular formula is C22H25NO3. The molecule has 0 radical (unpaired) electrons. The third kappa shape index (κ3) is 3.97. The molecule has 136 valence electrons. The van der Waals surface area contributed by atoms with Gasteiger partial charge < -0.3 is 14.1 Å². The minimum atomic E-state index is -0.0897.